The Labute approximate surface area is 98.2 Å². The molecule has 1 rings (SSSR count). The summed E-state index contributed by atoms with van der Waals surface area (Å²) in [5, 5.41) is 2.97. The molecule has 0 fully saturated rings. The largest absolute Gasteiger partial charge is 0.368 e. The van der Waals surface area contributed by atoms with Gasteiger partial charge >= 0.3 is 0 Å². The first-order chi connectivity index (χ1) is 6.90. The SMILES string of the molecule is Cc1ccnc(NCCS(C)(=O)=O)c1Br. The summed E-state index contributed by atoms with van der Waals surface area (Å²) < 4.78 is 22.7. The molecule has 0 saturated heterocycles. The van der Waals surface area contributed by atoms with Gasteiger partial charge in [-0.1, -0.05) is 0 Å². The fourth-order valence-electron chi connectivity index (χ4n) is 1.02. The van der Waals surface area contributed by atoms with Gasteiger partial charge in [0.1, 0.15) is 15.7 Å². The van der Waals surface area contributed by atoms with Gasteiger partial charge in [0.15, 0.2) is 0 Å². The highest BCUT2D eigenvalue weighted by Crippen LogP contribution is 2.22. The van der Waals surface area contributed by atoms with Crippen LogP contribution in [0.1, 0.15) is 5.56 Å². The smallest absolute Gasteiger partial charge is 0.149 e. The van der Waals surface area contributed by atoms with Gasteiger partial charge in [-0.2, -0.15) is 0 Å². The zero-order chi connectivity index (χ0) is 11.5. The quantitative estimate of drug-likeness (QED) is 0.916. The maximum atomic E-state index is 10.9. The number of sulfone groups is 1. The molecule has 6 heteroatoms. The number of pyridine rings is 1. The van der Waals surface area contributed by atoms with E-state index in [2.05, 4.69) is 26.2 Å². The number of anilines is 1. The van der Waals surface area contributed by atoms with Crippen LogP contribution in [0, 0.1) is 6.92 Å². The topological polar surface area (TPSA) is 59.1 Å². The highest BCUT2D eigenvalue weighted by molar-refractivity contribution is 9.10. The van der Waals surface area contributed by atoms with Crippen LogP contribution >= 0.6 is 15.9 Å². The van der Waals surface area contributed by atoms with Crippen LogP contribution < -0.4 is 5.32 Å². The van der Waals surface area contributed by atoms with Crippen molar-refractivity contribution in [3.63, 3.8) is 0 Å². The molecule has 0 atom stereocenters. The van der Waals surface area contributed by atoms with E-state index in [4.69, 9.17) is 0 Å². The Hall–Kier alpha value is -0.620. The van der Waals surface area contributed by atoms with Crippen LogP contribution in [0.2, 0.25) is 0 Å². The first kappa shape index (κ1) is 12.4. The number of hydrogen-bond donors (Lipinski definition) is 1. The van der Waals surface area contributed by atoms with Gasteiger partial charge in [0.25, 0.3) is 0 Å². The van der Waals surface area contributed by atoms with Gasteiger partial charge in [0, 0.05) is 19.0 Å². The Kier molecular flexibility index (Phi) is 4.10. The number of aryl methyl sites for hydroxylation is 1. The highest BCUT2D eigenvalue weighted by Gasteiger charge is 2.05. The van der Waals surface area contributed by atoms with Crippen molar-refractivity contribution >= 4 is 31.6 Å². The summed E-state index contributed by atoms with van der Waals surface area (Å²) in [6.07, 6.45) is 2.90. The van der Waals surface area contributed by atoms with E-state index in [1.54, 1.807) is 6.20 Å². The van der Waals surface area contributed by atoms with E-state index in [9.17, 15) is 8.42 Å². The fourth-order valence-corrected chi connectivity index (χ4v) is 1.87. The Morgan fingerprint density at radius 2 is 2.20 bits per heavy atom. The summed E-state index contributed by atoms with van der Waals surface area (Å²) in [5.41, 5.74) is 1.06. The van der Waals surface area contributed by atoms with E-state index in [1.807, 2.05) is 13.0 Å². The van der Waals surface area contributed by atoms with Crippen LogP contribution in [0.3, 0.4) is 0 Å². The van der Waals surface area contributed by atoms with Crippen LogP contribution in [0.5, 0.6) is 0 Å². The maximum Gasteiger partial charge on any atom is 0.149 e. The summed E-state index contributed by atoms with van der Waals surface area (Å²) in [5.74, 6) is 0.786. The third-order valence-electron chi connectivity index (χ3n) is 1.85. The number of rotatable bonds is 4. The fraction of sp³-hybridized carbons (Fsp3) is 0.444. The Balaban J connectivity index is 2.62. The average molecular weight is 293 g/mol. The van der Waals surface area contributed by atoms with E-state index in [0.29, 0.717) is 12.4 Å². The normalized spacial score (nSPS) is 11.4. The Morgan fingerprint density at radius 1 is 1.53 bits per heavy atom. The summed E-state index contributed by atoms with van der Waals surface area (Å²) in [7, 11) is -2.92. The molecular formula is C9H13BrN2O2S. The van der Waals surface area contributed by atoms with Gasteiger partial charge in [0.2, 0.25) is 0 Å². The summed E-state index contributed by atoms with van der Waals surface area (Å²) in [6, 6.07) is 1.88. The molecular weight excluding hydrogens is 280 g/mol. The molecule has 1 N–H and O–H groups in total. The van der Waals surface area contributed by atoms with Crippen molar-refractivity contribution in [1.82, 2.24) is 4.98 Å². The average Bonchev–Trinajstić information content (AvgIpc) is 2.10. The van der Waals surface area contributed by atoms with Crippen LogP contribution in [0.15, 0.2) is 16.7 Å². The van der Waals surface area contributed by atoms with Crippen LogP contribution in [0.4, 0.5) is 5.82 Å². The minimum absolute atomic E-state index is 0.106. The second kappa shape index (κ2) is 4.94. The van der Waals surface area contributed by atoms with Crippen molar-refractivity contribution in [3.05, 3.63) is 22.3 Å². The molecule has 0 aliphatic rings. The molecule has 0 radical (unpaired) electrons. The number of aromatic nitrogens is 1. The van der Waals surface area contributed by atoms with Crippen molar-refractivity contribution < 1.29 is 8.42 Å². The minimum Gasteiger partial charge on any atom is -0.368 e. The van der Waals surface area contributed by atoms with Crippen molar-refractivity contribution in [3.8, 4) is 0 Å². The molecule has 0 bridgehead atoms. The lowest BCUT2D eigenvalue weighted by molar-refractivity contribution is 0.602. The van der Waals surface area contributed by atoms with Gasteiger partial charge in [-0.25, -0.2) is 13.4 Å². The predicted octanol–water partition coefficient (Wildman–Crippen LogP) is 1.61. The molecule has 0 amide bonds. The van der Waals surface area contributed by atoms with Crippen LogP contribution in [0.25, 0.3) is 0 Å². The second-order valence-corrected chi connectivity index (χ2v) is 6.40. The van der Waals surface area contributed by atoms with Gasteiger partial charge < -0.3 is 5.32 Å². The monoisotopic (exact) mass is 292 g/mol. The number of hydrogen-bond acceptors (Lipinski definition) is 4. The third kappa shape index (κ3) is 4.17. The summed E-state index contributed by atoms with van der Waals surface area (Å²) in [6.45, 7) is 2.32. The standard InChI is InChI=1S/C9H13BrN2O2S/c1-7-3-4-11-9(8(7)10)12-5-6-15(2,13)14/h3-4H,5-6H2,1-2H3,(H,11,12). The molecule has 0 spiro atoms. The summed E-state index contributed by atoms with van der Waals surface area (Å²) >= 11 is 3.39. The van der Waals surface area contributed by atoms with Crippen molar-refractivity contribution in [2.45, 2.75) is 6.92 Å². The molecule has 0 aliphatic heterocycles. The molecule has 0 saturated carbocycles. The lowest BCUT2D eigenvalue weighted by Crippen LogP contribution is -2.15. The Morgan fingerprint density at radius 3 is 2.80 bits per heavy atom. The van der Waals surface area contributed by atoms with E-state index in [0.717, 1.165) is 10.0 Å². The van der Waals surface area contributed by atoms with Crippen molar-refractivity contribution in [1.29, 1.82) is 0 Å². The first-order valence-electron chi connectivity index (χ1n) is 4.43. The molecule has 84 valence electrons. The minimum atomic E-state index is -2.92. The van der Waals surface area contributed by atoms with Gasteiger partial charge in [-0.3, -0.25) is 0 Å². The second-order valence-electron chi connectivity index (χ2n) is 3.35. The molecule has 1 aromatic rings. The van der Waals surface area contributed by atoms with E-state index in [-0.39, 0.29) is 5.75 Å². The predicted molar refractivity (Wildman–Crippen MR) is 64.9 cm³/mol. The van der Waals surface area contributed by atoms with Crippen LogP contribution in [-0.4, -0.2) is 32.0 Å². The number of halogens is 1. The molecule has 15 heavy (non-hydrogen) atoms. The number of nitrogens with zero attached hydrogens (tertiary/aromatic N) is 1. The molecule has 0 unspecified atom stereocenters. The lowest BCUT2D eigenvalue weighted by atomic mass is 10.3. The van der Waals surface area contributed by atoms with Crippen LogP contribution in [-0.2, 0) is 9.84 Å². The molecule has 0 aromatic carbocycles. The van der Waals surface area contributed by atoms with E-state index in [1.165, 1.54) is 6.26 Å². The van der Waals surface area contributed by atoms with Crippen molar-refractivity contribution in [2.24, 2.45) is 0 Å². The molecule has 0 aliphatic carbocycles. The Bertz CT molecular complexity index is 445. The van der Waals surface area contributed by atoms with Gasteiger partial charge in [-0.05, 0) is 34.5 Å². The van der Waals surface area contributed by atoms with Crippen molar-refractivity contribution in [2.75, 3.05) is 23.9 Å². The van der Waals surface area contributed by atoms with E-state index >= 15 is 0 Å². The summed E-state index contributed by atoms with van der Waals surface area (Å²) in [4.78, 5) is 4.11. The van der Waals surface area contributed by atoms with Gasteiger partial charge in [0.05, 0.1) is 10.2 Å². The zero-order valence-corrected chi connectivity index (χ0v) is 11.0. The lowest BCUT2D eigenvalue weighted by Gasteiger charge is -2.07. The van der Waals surface area contributed by atoms with Gasteiger partial charge in [-0.15, -0.1) is 0 Å². The number of nitrogens with one attached hydrogen (secondary N) is 1. The molecule has 4 nitrogen and oxygen atoms in total. The third-order valence-corrected chi connectivity index (χ3v) is 3.79. The highest BCUT2D eigenvalue weighted by atomic mass is 79.9. The zero-order valence-electron chi connectivity index (χ0n) is 8.62. The molecule has 1 aromatic heterocycles. The maximum absolute atomic E-state index is 10.9. The molecule has 1 heterocycles. The van der Waals surface area contributed by atoms with E-state index < -0.39 is 9.84 Å². The first-order valence-corrected chi connectivity index (χ1v) is 7.28.